The number of aliphatic hydroxyl groups is 1. The van der Waals surface area contributed by atoms with Crippen molar-refractivity contribution in [2.45, 2.75) is 51.0 Å². The van der Waals surface area contributed by atoms with Gasteiger partial charge in [0.15, 0.2) is 0 Å². The van der Waals surface area contributed by atoms with Gasteiger partial charge in [-0.1, -0.05) is 12.8 Å². The average Bonchev–Trinajstić information content (AvgIpc) is 2.70. The van der Waals surface area contributed by atoms with Gasteiger partial charge in [-0.3, -0.25) is 4.79 Å². The summed E-state index contributed by atoms with van der Waals surface area (Å²) in [6, 6.07) is 0. The molecule has 0 spiro atoms. The highest BCUT2D eigenvalue weighted by molar-refractivity contribution is 5.79. The zero-order valence-corrected chi connectivity index (χ0v) is 11.4. The van der Waals surface area contributed by atoms with Crippen molar-refractivity contribution in [3.05, 3.63) is 0 Å². The Kier molecular flexibility index (Phi) is 4.28. The second kappa shape index (κ2) is 5.57. The van der Waals surface area contributed by atoms with Gasteiger partial charge < -0.3 is 15.7 Å². The van der Waals surface area contributed by atoms with Crippen molar-refractivity contribution in [2.24, 2.45) is 17.6 Å². The van der Waals surface area contributed by atoms with Crippen LogP contribution in [0, 0.1) is 11.8 Å². The Morgan fingerprint density at radius 2 is 2.28 bits per heavy atom. The van der Waals surface area contributed by atoms with Crippen LogP contribution in [0.3, 0.4) is 0 Å². The van der Waals surface area contributed by atoms with Crippen molar-refractivity contribution in [3.63, 3.8) is 0 Å². The monoisotopic (exact) mass is 254 g/mol. The van der Waals surface area contributed by atoms with Crippen LogP contribution in [-0.2, 0) is 4.79 Å². The van der Waals surface area contributed by atoms with Crippen LogP contribution in [0.1, 0.15) is 45.4 Å². The molecule has 0 bridgehead atoms. The van der Waals surface area contributed by atoms with Gasteiger partial charge in [-0.2, -0.15) is 0 Å². The first-order valence-electron chi connectivity index (χ1n) is 7.23. The van der Waals surface area contributed by atoms with Gasteiger partial charge in [-0.15, -0.1) is 0 Å². The standard InChI is InChI=1S/C14H26N2O2/c1-14(18)6-8-16(10-14)13(17)12-4-2-3-11(9-12)5-7-15/h11-12,18H,2-10,15H2,1H3. The van der Waals surface area contributed by atoms with Crippen molar-refractivity contribution < 1.29 is 9.90 Å². The summed E-state index contributed by atoms with van der Waals surface area (Å²) in [6.07, 6.45) is 6.12. The summed E-state index contributed by atoms with van der Waals surface area (Å²) in [5, 5.41) is 9.94. The maximum Gasteiger partial charge on any atom is 0.225 e. The van der Waals surface area contributed by atoms with Gasteiger partial charge in [0.25, 0.3) is 0 Å². The molecule has 4 heteroatoms. The fourth-order valence-electron chi connectivity index (χ4n) is 3.40. The van der Waals surface area contributed by atoms with E-state index < -0.39 is 5.60 Å². The molecule has 104 valence electrons. The predicted molar refractivity (Wildman–Crippen MR) is 70.9 cm³/mol. The molecule has 1 amide bonds. The van der Waals surface area contributed by atoms with Crippen LogP contribution in [0.4, 0.5) is 0 Å². The molecule has 2 aliphatic rings. The summed E-state index contributed by atoms with van der Waals surface area (Å²) in [5.74, 6) is 1.06. The lowest BCUT2D eigenvalue weighted by Crippen LogP contribution is -2.39. The van der Waals surface area contributed by atoms with E-state index in [0.29, 0.717) is 25.4 Å². The van der Waals surface area contributed by atoms with E-state index in [2.05, 4.69) is 0 Å². The molecule has 3 N–H and O–H groups in total. The fourth-order valence-corrected chi connectivity index (χ4v) is 3.40. The summed E-state index contributed by atoms with van der Waals surface area (Å²) < 4.78 is 0. The number of amides is 1. The van der Waals surface area contributed by atoms with Gasteiger partial charge in [0.2, 0.25) is 5.91 Å². The number of rotatable bonds is 3. The Labute approximate surface area is 110 Å². The third-order valence-corrected chi connectivity index (χ3v) is 4.47. The molecule has 2 fully saturated rings. The van der Waals surface area contributed by atoms with E-state index >= 15 is 0 Å². The summed E-state index contributed by atoms with van der Waals surface area (Å²) in [7, 11) is 0. The van der Waals surface area contributed by atoms with E-state index in [1.54, 1.807) is 0 Å². The summed E-state index contributed by atoms with van der Waals surface area (Å²) in [6.45, 7) is 3.76. The van der Waals surface area contributed by atoms with Gasteiger partial charge in [0, 0.05) is 19.0 Å². The maximum absolute atomic E-state index is 12.4. The molecule has 2 rings (SSSR count). The number of nitrogens with two attached hydrogens (primary N) is 1. The number of β-amino-alcohol motifs (C(OH)–C–C–N with tert-alkyl or cyclic N) is 1. The first kappa shape index (κ1) is 13.8. The Hall–Kier alpha value is -0.610. The number of hydrogen-bond acceptors (Lipinski definition) is 3. The van der Waals surface area contributed by atoms with E-state index in [4.69, 9.17) is 5.73 Å². The minimum absolute atomic E-state index is 0.171. The third-order valence-electron chi connectivity index (χ3n) is 4.47. The SMILES string of the molecule is CC1(O)CCN(C(=O)C2CCCC(CCN)C2)C1. The highest BCUT2D eigenvalue weighted by Gasteiger charge is 2.37. The molecule has 0 aromatic carbocycles. The molecule has 1 saturated heterocycles. The van der Waals surface area contributed by atoms with Crippen molar-refractivity contribution in [3.8, 4) is 0 Å². The minimum Gasteiger partial charge on any atom is -0.388 e. The average molecular weight is 254 g/mol. The van der Waals surface area contributed by atoms with Crippen molar-refractivity contribution in [1.29, 1.82) is 0 Å². The van der Waals surface area contributed by atoms with Crippen LogP contribution in [-0.4, -0.2) is 41.1 Å². The zero-order chi connectivity index (χ0) is 13.2. The molecule has 3 unspecified atom stereocenters. The first-order chi connectivity index (χ1) is 8.52. The Balaban J connectivity index is 1.89. The molecular formula is C14H26N2O2. The van der Waals surface area contributed by atoms with Crippen LogP contribution in [0.2, 0.25) is 0 Å². The van der Waals surface area contributed by atoms with Crippen molar-refractivity contribution >= 4 is 5.91 Å². The largest absolute Gasteiger partial charge is 0.388 e. The summed E-state index contributed by atoms with van der Waals surface area (Å²) in [4.78, 5) is 14.3. The topological polar surface area (TPSA) is 66.6 Å². The van der Waals surface area contributed by atoms with Gasteiger partial charge >= 0.3 is 0 Å². The molecule has 0 aromatic heterocycles. The molecule has 1 aliphatic carbocycles. The molecule has 18 heavy (non-hydrogen) atoms. The van der Waals surface area contributed by atoms with Gasteiger partial charge in [0.1, 0.15) is 0 Å². The van der Waals surface area contributed by atoms with Crippen LogP contribution in [0.5, 0.6) is 0 Å². The second-order valence-electron chi connectivity index (χ2n) is 6.31. The van der Waals surface area contributed by atoms with E-state index in [9.17, 15) is 9.90 Å². The lowest BCUT2D eigenvalue weighted by molar-refractivity contribution is -0.137. The quantitative estimate of drug-likeness (QED) is 0.793. The molecule has 3 atom stereocenters. The van der Waals surface area contributed by atoms with Crippen LogP contribution in [0.25, 0.3) is 0 Å². The third kappa shape index (κ3) is 3.23. The van der Waals surface area contributed by atoms with Crippen LogP contribution in [0.15, 0.2) is 0 Å². The minimum atomic E-state index is -0.680. The fraction of sp³-hybridized carbons (Fsp3) is 0.929. The highest BCUT2D eigenvalue weighted by Crippen LogP contribution is 2.33. The lowest BCUT2D eigenvalue weighted by Gasteiger charge is -2.31. The molecule has 4 nitrogen and oxygen atoms in total. The molecule has 1 saturated carbocycles. The molecular weight excluding hydrogens is 228 g/mol. The van der Waals surface area contributed by atoms with Gasteiger partial charge in [-0.25, -0.2) is 0 Å². The number of likely N-dealkylation sites (tertiary alicyclic amines) is 1. The van der Waals surface area contributed by atoms with Crippen molar-refractivity contribution in [1.82, 2.24) is 4.90 Å². The smallest absolute Gasteiger partial charge is 0.225 e. The van der Waals surface area contributed by atoms with Crippen LogP contribution >= 0.6 is 0 Å². The Morgan fingerprint density at radius 1 is 1.50 bits per heavy atom. The van der Waals surface area contributed by atoms with E-state index in [1.165, 1.54) is 6.42 Å². The van der Waals surface area contributed by atoms with Gasteiger partial charge in [-0.05, 0) is 45.1 Å². The Morgan fingerprint density at radius 3 is 2.89 bits per heavy atom. The predicted octanol–water partition coefficient (Wildman–Crippen LogP) is 1.12. The number of hydrogen-bond donors (Lipinski definition) is 2. The van der Waals surface area contributed by atoms with Crippen LogP contribution < -0.4 is 5.73 Å². The second-order valence-corrected chi connectivity index (χ2v) is 6.31. The number of carbonyl (C=O) groups excluding carboxylic acids is 1. The molecule has 0 aromatic rings. The number of carbonyl (C=O) groups is 1. The van der Waals surface area contributed by atoms with Crippen molar-refractivity contribution in [2.75, 3.05) is 19.6 Å². The highest BCUT2D eigenvalue weighted by atomic mass is 16.3. The molecule has 0 radical (unpaired) electrons. The maximum atomic E-state index is 12.4. The molecule has 1 heterocycles. The summed E-state index contributed by atoms with van der Waals surface area (Å²) >= 11 is 0. The lowest BCUT2D eigenvalue weighted by atomic mass is 9.79. The van der Waals surface area contributed by atoms with E-state index in [-0.39, 0.29) is 11.8 Å². The number of nitrogens with zero attached hydrogens (tertiary/aromatic N) is 1. The van der Waals surface area contributed by atoms with E-state index in [1.807, 2.05) is 11.8 Å². The van der Waals surface area contributed by atoms with E-state index in [0.717, 1.165) is 32.2 Å². The van der Waals surface area contributed by atoms with Gasteiger partial charge in [0.05, 0.1) is 5.60 Å². The normalized spacial score (nSPS) is 36.9. The first-order valence-corrected chi connectivity index (χ1v) is 7.23. The Bertz CT molecular complexity index is 302. The summed E-state index contributed by atoms with van der Waals surface area (Å²) in [5.41, 5.74) is 4.93. The molecule has 1 aliphatic heterocycles. The zero-order valence-electron chi connectivity index (χ0n) is 11.4.